The number of aliphatic hydroxyl groups is 2. The van der Waals surface area contributed by atoms with Crippen molar-refractivity contribution in [2.45, 2.75) is 19.6 Å². The second-order valence-electron chi connectivity index (χ2n) is 3.58. The standard InChI is InChI=1S/C12H15NO2/c14-7-3-6-13-11(9-15)8-10-4-1-2-5-12(10)13/h1-2,4-5,8,14-15H,3,6-7,9H2. The number of aromatic nitrogens is 1. The van der Waals surface area contributed by atoms with Crippen LogP contribution in [0.2, 0.25) is 0 Å². The number of hydrogen-bond donors (Lipinski definition) is 2. The first-order valence-electron chi connectivity index (χ1n) is 5.15. The van der Waals surface area contributed by atoms with E-state index >= 15 is 0 Å². The molecule has 1 aromatic heterocycles. The van der Waals surface area contributed by atoms with Crippen LogP contribution in [-0.4, -0.2) is 21.4 Å². The molecular formula is C12H15NO2. The number of fused-ring (bicyclic) bond motifs is 1. The molecule has 80 valence electrons. The second kappa shape index (κ2) is 4.47. The summed E-state index contributed by atoms with van der Waals surface area (Å²) in [6, 6.07) is 10.0. The third-order valence-electron chi connectivity index (χ3n) is 2.60. The van der Waals surface area contributed by atoms with Gasteiger partial charge in [0.25, 0.3) is 0 Å². The van der Waals surface area contributed by atoms with Gasteiger partial charge in [0.15, 0.2) is 0 Å². The number of benzene rings is 1. The maximum absolute atomic E-state index is 9.24. The van der Waals surface area contributed by atoms with Crippen molar-refractivity contribution < 1.29 is 10.2 Å². The highest BCUT2D eigenvalue weighted by atomic mass is 16.3. The average Bonchev–Trinajstić information content (AvgIpc) is 2.64. The quantitative estimate of drug-likeness (QED) is 0.794. The van der Waals surface area contributed by atoms with Crippen LogP contribution in [0.3, 0.4) is 0 Å². The summed E-state index contributed by atoms with van der Waals surface area (Å²) in [7, 11) is 0. The zero-order chi connectivity index (χ0) is 10.7. The molecule has 3 heteroatoms. The molecule has 0 aliphatic rings. The van der Waals surface area contributed by atoms with Gasteiger partial charge in [-0.2, -0.15) is 0 Å². The Kier molecular flexibility index (Phi) is 3.04. The molecule has 0 bridgehead atoms. The van der Waals surface area contributed by atoms with Gasteiger partial charge in [0.2, 0.25) is 0 Å². The first kappa shape index (κ1) is 10.2. The van der Waals surface area contributed by atoms with Gasteiger partial charge in [0.1, 0.15) is 0 Å². The van der Waals surface area contributed by atoms with E-state index in [1.807, 2.05) is 30.3 Å². The van der Waals surface area contributed by atoms with Gasteiger partial charge in [-0.3, -0.25) is 0 Å². The molecule has 1 heterocycles. The number of rotatable bonds is 4. The molecule has 2 N–H and O–H groups in total. The third kappa shape index (κ3) is 1.89. The Labute approximate surface area is 88.6 Å². The summed E-state index contributed by atoms with van der Waals surface area (Å²) >= 11 is 0. The highest BCUT2D eigenvalue weighted by Gasteiger charge is 2.06. The van der Waals surface area contributed by atoms with E-state index in [-0.39, 0.29) is 13.2 Å². The molecule has 0 unspecified atom stereocenters. The number of hydrogen-bond acceptors (Lipinski definition) is 2. The molecule has 0 fully saturated rings. The van der Waals surface area contributed by atoms with Gasteiger partial charge in [-0.15, -0.1) is 0 Å². The SMILES string of the molecule is OCCCn1c(CO)cc2ccccc21. The lowest BCUT2D eigenvalue weighted by Crippen LogP contribution is -2.04. The third-order valence-corrected chi connectivity index (χ3v) is 2.60. The Morgan fingerprint density at radius 1 is 1.13 bits per heavy atom. The molecule has 3 nitrogen and oxygen atoms in total. The fourth-order valence-corrected chi connectivity index (χ4v) is 1.89. The fraction of sp³-hybridized carbons (Fsp3) is 0.333. The van der Waals surface area contributed by atoms with Gasteiger partial charge in [-0.25, -0.2) is 0 Å². The molecule has 0 amide bonds. The summed E-state index contributed by atoms with van der Waals surface area (Å²) in [6.07, 6.45) is 0.714. The van der Waals surface area contributed by atoms with Crippen LogP contribution >= 0.6 is 0 Å². The predicted octanol–water partition coefficient (Wildman–Crippen LogP) is 1.52. The Balaban J connectivity index is 2.47. The summed E-state index contributed by atoms with van der Waals surface area (Å²) in [5.74, 6) is 0. The summed E-state index contributed by atoms with van der Waals surface area (Å²) in [5.41, 5.74) is 2.03. The van der Waals surface area contributed by atoms with Crippen LogP contribution in [0, 0.1) is 0 Å². The molecule has 2 rings (SSSR count). The lowest BCUT2D eigenvalue weighted by atomic mass is 10.2. The van der Waals surface area contributed by atoms with Crippen molar-refractivity contribution >= 4 is 10.9 Å². The second-order valence-corrected chi connectivity index (χ2v) is 3.58. The molecule has 0 saturated heterocycles. The van der Waals surface area contributed by atoms with Crippen LogP contribution in [-0.2, 0) is 13.2 Å². The van der Waals surface area contributed by atoms with Crippen LogP contribution in [0.15, 0.2) is 30.3 Å². The molecule has 15 heavy (non-hydrogen) atoms. The Hall–Kier alpha value is -1.32. The fourth-order valence-electron chi connectivity index (χ4n) is 1.89. The van der Waals surface area contributed by atoms with Gasteiger partial charge in [-0.05, 0) is 23.9 Å². The molecule has 2 aromatic rings. The van der Waals surface area contributed by atoms with E-state index in [0.29, 0.717) is 6.42 Å². The minimum absolute atomic E-state index is 0.0418. The minimum Gasteiger partial charge on any atom is -0.396 e. The molecular weight excluding hydrogens is 190 g/mol. The maximum atomic E-state index is 9.24. The normalized spacial score (nSPS) is 11.1. The zero-order valence-corrected chi connectivity index (χ0v) is 8.56. The van der Waals surface area contributed by atoms with E-state index in [1.54, 1.807) is 0 Å². The predicted molar refractivity (Wildman–Crippen MR) is 59.6 cm³/mol. The molecule has 1 aromatic carbocycles. The van der Waals surface area contributed by atoms with Gasteiger partial charge in [0.05, 0.1) is 6.61 Å². The van der Waals surface area contributed by atoms with E-state index in [1.165, 1.54) is 0 Å². The summed E-state index contributed by atoms with van der Waals surface area (Å²) in [6.45, 7) is 0.970. The van der Waals surface area contributed by atoms with E-state index in [0.717, 1.165) is 23.1 Å². The van der Waals surface area contributed by atoms with Crippen molar-refractivity contribution in [3.05, 3.63) is 36.0 Å². The van der Waals surface area contributed by atoms with Crippen LogP contribution < -0.4 is 0 Å². The maximum Gasteiger partial charge on any atom is 0.0833 e. The number of para-hydroxylation sites is 1. The highest BCUT2D eigenvalue weighted by Crippen LogP contribution is 2.20. The number of aliphatic hydroxyl groups excluding tert-OH is 2. The van der Waals surface area contributed by atoms with Crippen molar-refractivity contribution in [2.75, 3.05) is 6.61 Å². The smallest absolute Gasteiger partial charge is 0.0833 e. The summed E-state index contributed by atoms with van der Waals surface area (Å²) in [5, 5.41) is 19.2. The van der Waals surface area contributed by atoms with E-state index in [2.05, 4.69) is 4.57 Å². The van der Waals surface area contributed by atoms with Crippen molar-refractivity contribution in [2.24, 2.45) is 0 Å². The molecule has 0 atom stereocenters. The Morgan fingerprint density at radius 3 is 2.67 bits per heavy atom. The average molecular weight is 205 g/mol. The first-order chi connectivity index (χ1) is 7.36. The van der Waals surface area contributed by atoms with Crippen molar-refractivity contribution in [3.8, 4) is 0 Å². The molecule has 0 radical (unpaired) electrons. The van der Waals surface area contributed by atoms with Gasteiger partial charge < -0.3 is 14.8 Å². The largest absolute Gasteiger partial charge is 0.396 e. The molecule has 0 aliphatic carbocycles. The first-order valence-corrected chi connectivity index (χ1v) is 5.15. The van der Waals surface area contributed by atoms with Crippen LogP contribution in [0.1, 0.15) is 12.1 Å². The lowest BCUT2D eigenvalue weighted by molar-refractivity contribution is 0.261. The molecule has 0 aliphatic heterocycles. The van der Waals surface area contributed by atoms with Crippen LogP contribution in [0.5, 0.6) is 0 Å². The van der Waals surface area contributed by atoms with Gasteiger partial charge in [-0.1, -0.05) is 18.2 Å². The van der Waals surface area contributed by atoms with Crippen molar-refractivity contribution in [1.29, 1.82) is 0 Å². The van der Waals surface area contributed by atoms with Crippen molar-refractivity contribution in [1.82, 2.24) is 4.57 Å². The number of aryl methyl sites for hydroxylation is 1. The van der Waals surface area contributed by atoms with E-state index in [9.17, 15) is 5.11 Å². The monoisotopic (exact) mass is 205 g/mol. The van der Waals surface area contributed by atoms with Crippen molar-refractivity contribution in [3.63, 3.8) is 0 Å². The van der Waals surface area contributed by atoms with Gasteiger partial charge >= 0.3 is 0 Å². The van der Waals surface area contributed by atoms with E-state index in [4.69, 9.17) is 5.11 Å². The number of nitrogens with zero attached hydrogens (tertiary/aromatic N) is 1. The Bertz CT molecular complexity index is 448. The zero-order valence-electron chi connectivity index (χ0n) is 8.56. The summed E-state index contributed by atoms with van der Waals surface area (Å²) in [4.78, 5) is 0. The minimum atomic E-state index is 0.0418. The Morgan fingerprint density at radius 2 is 1.93 bits per heavy atom. The molecule has 0 saturated carbocycles. The highest BCUT2D eigenvalue weighted by molar-refractivity contribution is 5.81. The van der Waals surface area contributed by atoms with Crippen LogP contribution in [0.4, 0.5) is 0 Å². The molecule has 0 spiro atoms. The van der Waals surface area contributed by atoms with E-state index < -0.39 is 0 Å². The lowest BCUT2D eigenvalue weighted by Gasteiger charge is -2.07. The summed E-state index contributed by atoms with van der Waals surface area (Å²) < 4.78 is 2.06. The van der Waals surface area contributed by atoms with Crippen LogP contribution in [0.25, 0.3) is 10.9 Å². The topological polar surface area (TPSA) is 45.4 Å². The van der Waals surface area contributed by atoms with Gasteiger partial charge in [0, 0.05) is 24.4 Å².